The minimum absolute atomic E-state index is 0. The van der Waals surface area contributed by atoms with Gasteiger partial charge in [0.25, 0.3) is 0 Å². The van der Waals surface area contributed by atoms with Crippen molar-refractivity contribution in [3.63, 3.8) is 0 Å². The highest BCUT2D eigenvalue weighted by Crippen LogP contribution is 2.24. The van der Waals surface area contributed by atoms with E-state index < -0.39 is 0 Å². The Morgan fingerprint density at radius 2 is 2.17 bits per heavy atom. The molecule has 1 unspecified atom stereocenters. The molecule has 0 bridgehead atoms. The van der Waals surface area contributed by atoms with Crippen molar-refractivity contribution in [2.45, 2.75) is 33.7 Å². The van der Waals surface area contributed by atoms with E-state index in [4.69, 9.17) is 5.73 Å². The fourth-order valence-electron chi connectivity index (χ4n) is 1.59. The van der Waals surface area contributed by atoms with Gasteiger partial charge < -0.3 is 11.1 Å². The standard InChI is InChI=1S/C11H15N5S.CH4/c1-3-8(9-5-4-6-17-9)15-11-14-7(2)13-10(12)16-11;/h4-6,8H,3H2,1-2H3,(H3,12,13,14,15,16);1H4. The lowest BCUT2D eigenvalue weighted by Crippen LogP contribution is -2.13. The molecule has 3 N–H and O–H groups in total. The second-order valence-electron chi connectivity index (χ2n) is 3.69. The first-order valence-electron chi connectivity index (χ1n) is 5.47. The maximum absolute atomic E-state index is 5.60. The van der Waals surface area contributed by atoms with Gasteiger partial charge in [0.05, 0.1) is 6.04 Å². The molecule has 0 amide bonds. The lowest BCUT2D eigenvalue weighted by Gasteiger charge is -2.15. The van der Waals surface area contributed by atoms with Gasteiger partial charge in [-0.15, -0.1) is 11.3 Å². The van der Waals surface area contributed by atoms with Crippen LogP contribution in [0.25, 0.3) is 0 Å². The van der Waals surface area contributed by atoms with Crippen LogP contribution in [0.5, 0.6) is 0 Å². The SMILES string of the molecule is C.CCC(Nc1nc(C)nc(N)n1)c1cccs1. The van der Waals surface area contributed by atoms with E-state index in [1.165, 1.54) is 4.88 Å². The second kappa shape index (κ2) is 6.30. The Balaban J connectivity index is 0.00000162. The van der Waals surface area contributed by atoms with Gasteiger partial charge in [0.15, 0.2) is 0 Å². The van der Waals surface area contributed by atoms with E-state index in [-0.39, 0.29) is 19.4 Å². The summed E-state index contributed by atoms with van der Waals surface area (Å²) in [4.78, 5) is 13.5. The molecule has 18 heavy (non-hydrogen) atoms. The molecular formula is C12H19N5S. The van der Waals surface area contributed by atoms with Crippen molar-refractivity contribution < 1.29 is 0 Å². The molecule has 2 rings (SSSR count). The van der Waals surface area contributed by atoms with Gasteiger partial charge in [-0.3, -0.25) is 0 Å². The van der Waals surface area contributed by atoms with Crippen LogP contribution in [-0.2, 0) is 0 Å². The number of aryl methyl sites for hydroxylation is 1. The minimum Gasteiger partial charge on any atom is -0.368 e. The predicted octanol–water partition coefficient (Wildman–Crippen LogP) is 3.02. The van der Waals surface area contributed by atoms with Gasteiger partial charge in [0.2, 0.25) is 11.9 Å². The molecule has 0 aliphatic heterocycles. The van der Waals surface area contributed by atoms with Crippen molar-refractivity contribution in [3.8, 4) is 0 Å². The van der Waals surface area contributed by atoms with Crippen LogP contribution in [0.15, 0.2) is 17.5 Å². The maximum Gasteiger partial charge on any atom is 0.228 e. The topological polar surface area (TPSA) is 76.7 Å². The first kappa shape index (κ1) is 14.4. The van der Waals surface area contributed by atoms with E-state index in [2.05, 4.69) is 38.6 Å². The summed E-state index contributed by atoms with van der Waals surface area (Å²) in [5.74, 6) is 1.41. The highest BCUT2D eigenvalue weighted by atomic mass is 32.1. The fourth-order valence-corrected chi connectivity index (χ4v) is 2.45. The molecule has 0 radical (unpaired) electrons. The molecule has 2 heterocycles. The molecular weight excluding hydrogens is 246 g/mol. The third-order valence-corrected chi connectivity index (χ3v) is 3.35. The largest absolute Gasteiger partial charge is 0.368 e. The van der Waals surface area contributed by atoms with Crippen molar-refractivity contribution in [1.29, 1.82) is 0 Å². The Bertz CT molecular complexity index is 463. The number of nitrogens with one attached hydrogen (secondary N) is 1. The average Bonchev–Trinajstić information content (AvgIpc) is 2.77. The molecule has 2 aromatic rings. The summed E-state index contributed by atoms with van der Waals surface area (Å²) >= 11 is 1.72. The fraction of sp³-hybridized carbons (Fsp3) is 0.417. The number of hydrogen-bond acceptors (Lipinski definition) is 6. The molecule has 0 aromatic carbocycles. The number of nitrogen functional groups attached to an aromatic ring is 1. The molecule has 1 atom stereocenters. The van der Waals surface area contributed by atoms with Crippen molar-refractivity contribution in [3.05, 3.63) is 28.2 Å². The van der Waals surface area contributed by atoms with Gasteiger partial charge >= 0.3 is 0 Å². The van der Waals surface area contributed by atoms with Crippen LogP contribution >= 0.6 is 11.3 Å². The zero-order valence-corrected chi connectivity index (χ0v) is 10.7. The van der Waals surface area contributed by atoms with E-state index in [9.17, 15) is 0 Å². The summed E-state index contributed by atoms with van der Waals surface area (Å²) in [7, 11) is 0. The Morgan fingerprint density at radius 3 is 2.72 bits per heavy atom. The quantitative estimate of drug-likeness (QED) is 0.888. The van der Waals surface area contributed by atoms with E-state index in [1.807, 2.05) is 6.07 Å². The van der Waals surface area contributed by atoms with Crippen LogP contribution in [0.1, 0.15) is 37.5 Å². The second-order valence-corrected chi connectivity index (χ2v) is 4.66. The molecule has 98 valence electrons. The zero-order valence-electron chi connectivity index (χ0n) is 9.84. The van der Waals surface area contributed by atoms with Gasteiger partial charge in [-0.1, -0.05) is 20.4 Å². The zero-order chi connectivity index (χ0) is 12.3. The number of aromatic nitrogens is 3. The number of hydrogen-bond donors (Lipinski definition) is 2. The third-order valence-electron chi connectivity index (χ3n) is 2.36. The summed E-state index contributed by atoms with van der Waals surface area (Å²) < 4.78 is 0. The molecule has 2 aromatic heterocycles. The van der Waals surface area contributed by atoms with Crippen molar-refractivity contribution in [1.82, 2.24) is 15.0 Å². The van der Waals surface area contributed by atoms with E-state index in [0.29, 0.717) is 11.8 Å². The Kier molecular flexibility index (Phi) is 5.03. The van der Waals surface area contributed by atoms with E-state index in [1.54, 1.807) is 18.3 Å². The lowest BCUT2D eigenvalue weighted by molar-refractivity contribution is 0.748. The number of nitrogens with two attached hydrogens (primary N) is 1. The van der Waals surface area contributed by atoms with Gasteiger partial charge in [-0.25, -0.2) is 0 Å². The molecule has 6 heteroatoms. The summed E-state index contributed by atoms with van der Waals surface area (Å²) in [5.41, 5.74) is 5.60. The highest BCUT2D eigenvalue weighted by Gasteiger charge is 2.12. The molecule has 0 saturated heterocycles. The van der Waals surface area contributed by atoms with Crippen LogP contribution < -0.4 is 11.1 Å². The van der Waals surface area contributed by atoms with Crippen LogP contribution in [-0.4, -0.2) is 15.0 Å². The van der Waals surface area contributed by atoms with E-state index >= 15 is 0 Å². The normalized spacial score (nSPS) is 11.7. The molecule has 0 fully saturated rings. The van der Waals surface area contributed by atoms with E-state index in [0.717, 1.165) is 6.42 Å². The van der Waals surface area contributed by atoms with Gasteiger partial charge in [-0.05, 0) is 24.8 Å². The number of anilines is 2. The van der Waals surface area contributed by atoms with Crippen LogP contribution in [0.4, 0.5) is 11.9 Å². The first-order valence-corrected chi connectivity index (χ1v) is 6.35. The summed E-state index contributed by atoms with van der Waals surface area (Å²) in [6.45, 7) is 3.92. The molecule has 0 saturated carbocycles. The Hall–Kier alpha value is -1.69. The Morgan fingerprint density at radius 1 is 1.39 bits per heavy atom. The van der Waals surface area contributed by atoms with Crippen molar-refractivity contribution >= 4 is 23.2 Å². The number of rotatable bonds is 4. The van der Waals surface area contributed by atoms with Gasteiger partial charge in [-0.2, -0.15) is 15.0 Å². The summed E-state index contributed by atoms with van der Waals surface area (Å²) in [5, 5.41) is 5.34. The van der Waals surface area contributed by atoms with Crippen molar-refractivity contribution in [2.75, 3.05) is 11.1 Å². The van der Waals surface area contributed by atoms with Gasteiger partial charge in [0, 0.05) is 4.88 Å². The number of nitrogens with zero attached hydrogens (tertiary/aromatic N) is 3. The smallest absolute Gasteiger partial charge is 0.228 e. The maximum atomic E-state index is 5.60. The highest BCUT2D eigenvalue weighted by molar-refractivity contribution is 7.10. The summed E-state index contributed by atoms with van der Waals surface area (Å²) in [6.07, 6.45) is 0.963. The van der Waals surface area contributed by atoms with Crippen LogP contribution in [0.2, 0.25) is 0 Å². The Labute approximate surface area is 112 Å². The summed E-state index contributed by atoms with van der Waals surface area (Å²) in [6, 6.07) is 4.36. The van der Waals surface area contributed by atoms with Crippen molar-refractivity contribution in [2.24, 2.45) is 0 Å². The first-order chi connectivity index (χ1) is 8.19. The molecule has 0 spiro atoms. The monoisotopic (exact) mass is 265 g/mol. The van der Waals surface area contributed by atoms with Crippen LogP contribution in [0.3, 0.4) is 0 Å². The molecule has 5 nitrogen and oxygen atoms in total. The number of thiophene rings is 1. The average molecular weight is 265 g/mol. The predicted molar refractivity (Wildman–Crippen MR) is 76.7 cm³/mol. The third kappa shape index (κ3) is 3.40. The minimum atomic E-state index is 0. The van der Waals surface area contributed by atoms with Gasteiger partial charge in [0.1, 0.15) is 5.82 Å². The lowest BCUT2D eigenvalue weighted by atomic mass is 10.2. The molecule has 0 aliphatic carbocycles. The molecule has 0 aliphatic rings. The van der Waals surface area contributed by atoms with Crippen LogP contribution in [0, 0.1) is 6.92 Å².